The fourth-order valence-electron chi connectivity index (χ4n) is 8.92. The molecule has 0 aliphatic carbocycles. The van der Waals surface area contributed by atoms with Gasteiger partial charge in [-0.05, 0) is 114 Å². The van der Waals surface area contributed by atoms with Crippen LogP contribution >= 0.6 is 23.2 Å². The number of amides is 2. The first-order valence-electron chi connectivity index (χ1n) is 25.4. The van der Waals surface area contributed by atoms with Gasteiger partial charge < -0.3 is 64.2 Å². The molecular weight excluding hydrogens is 1150 g/mol. The van der Waals surface area contributed by atoms with Gasteiger partial charge in [-0.3, -0.25) is 19.2 Å². The number of carboxylic acids is 1. The van der Waals surface area contributed by atoms with Crippen LogP contribution < -0.4 is 58.2 Å². The summed E-state index contributed by atoms with van der Waals surface area (Å²) in [6.45, 7) is 3.06. The number of hydrogen-bond donors (Lipinski definition) is 3. The molecule has 4 N–H and O–H groups in total. The van der Waals surface area contributed by atoms with Gasteiger partial charge in [-0.1, -0.05) is 59.6 Å². The summed E-state index contributed by atoms with van der Waals surface area (Å²) < 4.78 is 112. The minimum Gasteiger partial charge on any atom is -0.870 e. The summed E-state index contributed by atoms with van der Waals surface area (Å²) in [6, 6.07) is 29.9. The molecule has 26 heteroatoms. The minimum atomic E-state index is -4.86. The van der Waals surface area contributed by atoms with Crippen molar-refractivity contribution in [1.82, 2.24) is 0 Å². The fourth-order valence-corrected chi connectivity index (χ4v) is 9.17. The number of fused-ring (bicyclic) bond motifs is 2. The van der Waals surface area contributed by atoms with Crippen LogP contribution in [0.15, 0.2) is 121 Å². The molecule has 2 aliphatic rings. The van der Waals surface area contributed by atoms with E-state index in [9.17, 15) is 45.5 Å². The van der Waals surface area contributed by atoms with Crippen molar-refractivity contribution in [3.8, 4) is 23.0 Å². The number of carbonyl (C=O) groups is 4. The van der Waals surface area contributed by atoms with Crippen molar-refractivity contribution in [3.05, 3.63) is 165 Å². The van der Waals surface area contributed by atoms with Gasteiger partial charge in [-0.2, -0.15) is 0 Å². The Morgan fingerprint density at radius 2 is 1.00 bits per heavy atom. The second-order valence-corrected chi connectivity index (χ2v) is 19.2. The van der Waals surface area contributed by atoms with E-state index in [1.807, 2.05) is 0 Å². The normalized spacial score (nSPS) is 13.1. The van der Waals surface area contributed by atoms with Gasteiger partial charge in [0.25, 0.3) is 11.8 Å². The van der Waals surface area contributed by atoms with Crippen LogP contribution in [0.1, 0.15) is 68.1 Å². The van der Waals surface area contributed by atoms with Gasteiger partial charge in [0.1, 0.15) is 35.1 Å². The van der Waals surface area contributed by atoms with Crippen molar-refractivity contribution in [2.75, 3.05) is 67.6 Å². The maximum absolute atomic E-state index is 14.0. The number of aliphatic carboxylic acids is 1. The summed E-state index contributed by atoms with van der Waals surface area (Å²) in [5.74, 6) is -1.94. The Kier molecular flexibility index (Phi) is 24.9. The van der Waals surface area contributed by atoms with Gasteiger partial charge >= 0.3 is 43.5 Å². The second-order valence-electron chi connectivity index (χ2n) is 18.4. The number of benzene rings is 6. The summed E-state index contributed by atoms with van der Waals surface area (Å²) in [7, 11) is 2.99. The molecule has 8 rings (SSSR count). The summed E-state index contributed by atoms with van der Waals surface area (Å²) in [5, 5.41) is 16.3. The number of carbonyl (C=O) groups excluding carboxylic acids is 3. The number of nitrogens with one attached hydrogen (secondary N) is 2. The average molecular weight is 1210 g/mol. The van der Waals surface area contributed by atoms with E-state index < -0.39 is 48.2 Å². The third-order valence-electron chi connectivity index (χ3n) is 12.6. The zero-order chi connectivity index (χ0) is 59.1. The minimum absolute atomic E-state index is 0. The van der Waals surface area contributed by atoms with Crippen molar-refractivity contribution in [3.63, 3.8) is 0 Å². The van der Waals surface area contributed by atoms with Crippen LogP contribution in [-0.2, 0) is 59.4 Å². The number of anilines is 4. The average Bonchev–Trinajstić information content (AvgIpc) is 2.07. The molecule has 17 nitrogen and oxygen atoms in total. The smallest absolute Gasteiger partial charge is 0.870 e. The van der Waals surface area contributed by atoms with Crippen LogP contribution in [0, 0.1) is 0 Å². The molecule has 2 aliphatic heterocycles. The molecule has 0 spiro atoms. The Morgan fingerprint density at radius 1 is 0.595 bits per heavy atom. The maximum Gasteiger partial charge on any atom is 1.00 e. The van der Waals surface area contributed by atoms with E-state index in [1.54, 1.807) is 91.9 Å². The number of hydrogen-bond acceptors (Lipinski definition) is 14. The Morgan fingerprint density at radius 3 is 1.37 bits per heavy atom. The van der Waals surface area contributed by atoms with Crippen molar-refractivity contribution < 1.29 is 111 Å². The first kappa shape index (κ1) is 67.4. The number of rotatable bonds is 23. The number of halogens is 8. The monoisotopic (exact) mass is 1210 g/mol. The Hall–Kier alpha value is -7.36. The number of carboxylic acid groups (broad SMARTS) is 1. The van der Waals surface area contributed by atoms with E-state index in [-0.39, 0.29) is 91.4 Å². The number of ether oxygens (including phenoxy) is 7. The van der Waals surface area contributed by atoms with Gasteiger partial charge in [0.15, 0.2) is 0 Å². The van der Waals surface area contributed by atoms with Crippen molar-refractivity contribution in [1.29, 1.82) is 0 Å². The van der Waals surface area contributed by atoms with Crippen LogP contribution in [-0.4, -0.2) is 94.2 Å². The van der Waals surface area contributed by atoms with Crippen LogP contribution in [0.5, 0.6) is 23.0 Å². The van der Waals surface area contributed by atoms with E-state index in [1.165, 1.54) is 60.4 Å². The predicted octanol–water partition coefficient (Wildman–Crippen LogP) is 9.76. The number of methoxy groups -OCH3 is 2. The van der Waals surface area contributed by atoms with Gasteiger partial charge in [-0.25, -0.2) is 0 Å². The second kappa shape index (κ2) is 31.0. The van der Waals surface area contributed by atoms with Crippen molar-refractivity contribution >= 4 is 69.7 Å². The van der Waals surface area contributed by atoms with E-state index in [4.69, 9.17) is 52.0 Å². The molecule has 0 saturated carbocycles. The van der Waals surface area contributed by atoms with Gasteiger partial charge in [-0.15, -0.1) is 26.3 Å². The molecule has 0 bridgehead atoms. The molecule has 2 unspecified atom stereocenters. The topological polar surface area (TPSA) is 214 Å². The van der Waals surface area contributed by atoms with E-state index in [2.05, 4.69) is 20.1 Å². The fraction of sp³-hybridized carbons (Fsp3) is 0.310. The molecule has 0 fully saturated rings. The largest absolute Gasteiger partial charge is 1.00 e. The maximum atomic E-state index is 14.0. The first-order valence-corrected chi connectivity index (χ1v) is 26.2. The number of esters is 1. The number of alkyl halides is 6. The number of nitrogens with zero attached hydrogens (tertiary/aromatic N) is 2. The zero-order valence-corrected chi connectivity index (χ0v) is 47.3. The molecule has 2 heterocycles. The van der Waals surface area contributed by atoms with Crippen molar-refractivity contribution in [2.24, 2.45) is 0 Å². The van der Waals surface area contributed by atoms with Gasteiger partial charge in [0.05, 0.1) is 71.5 Å². The Labute approximate surface area is 504 Å². The predicted molar refractivity (Wildman–Crippen MR) is 299 cm³/mol. The van der Waals surface area contributed by atoms with Gasteiger partial charge in [0.2, 0.25) is 0 Å². The van der Waals surface area contributed by atoms with E-state index in [0.29, 0.717) is 80.4 Å². The van der Waals surface area contributed by atoms with Crippen LogP contribution in [0.3, 0.4) is 0 Å². The molecule has 2 atom stereocenters. The summed E-state index contributed by atoms with van der Waals surface area (Å²) in [5.41, 5.74) is 5.77. The zero-order valence-electron chi connectivity index (χ0n) is 45.8. The summed E-state index contributed by atoms with van der Waals surface area (Å²) in [6.07, 6.45) is -8.80. The Balaban J connectivity index is 0.000000431. The Bertz CT molecular complexity index is 3210. The van der Waals surface area contributed by atoms with Crippen molar-refractivity contribution in [2.45, 2.75) is 70.6 Å². The summed E-state index contributed by atoms with van der Waals surface area (Å²) in [4.78, 5) is 53.2. The molecule has 6 aromatic carbocycles. The van der Waals surface area contributed by atoms with Gasteiger partial charge in [0, 0.05) is 61.6 Å². The van der Waals surface area contributed by atoms with E-state index in [0.717, 1.165) is 16.7 Å². The SMILES string of the molecule is CCOC(=O)CCOCc1cc(NC(C(=O)N2CCc3ccc(OC(F)(F)F)cc32)c2ccc(Cl)cc2)cc(OC)c1.COc1cc(COCCC(=O)O)cc(NC(C(=O)N2CCc3ccc(OC(F)(F)F)cc32)c2ccc(Cl)cc2)c1.[HH].[HH].[Li+].[OH-]. The summed E-state index contributed by atoms with van der Waals surface area (Å²) >= 11 is 12.2. The molecule has 0 aromatic heterocycles. The molecule has 84 heavy (non-hydrogen) atoms. The first-order chi connectivity index (χ1) is 39.1. The van der Waals surface area contributed by atoms with Crippen LogP contribution in [0.2, 0.25) is 10.0 Å². The molecular formula is C58H61Cl2F6LiN4O13. The quantitative estimate of drug-likeness (QED) is 0.0236. The molecule has 448 valence electrons. The standard InChI is InChI=1S/C30H30ClF3N2O6.C28H26ClF3N2O6.Li.H2O.2H2/c1-3-41-27(37)11-13-40-18-19-14-23(16-25(15-19)39-2)35-28(21-4-7-22(31)8-5-21)29(38)36-12-10-20-6-9-24(17-26(20)36)42-30(32,33)34;1-38-23-13-17(16-39-11-9-25(35)36)12-21(14-23)33-26(19-2-5-20(29)6-3-19)27(37)34-10-8-18-4-7-22(15-24(18)34)40-28(30,31)32;;;;/h4-9,14-17,28,35H,3,10-13,18H2,1-2H3;2-7,12-15,26,33H,8-11,16H2,1H3,(H,35,36);;1H2;2*1H/q;;+1;;;/p-1. The molecule has 0 radical (unpaired) electrons. The third kappa shape index (κ3) is 19.6. The third-order valence-corrected chi connectivity index (χ3v) is 13.1. The van der Waals surface area contributed by atoms with Crippen LogP contribution in [0.25, 0.3) is 0 Å². The van der Waals surface area contributed by atoms with E-state index >= 15 is 0 Å². The molecule has 6 aromatic rings. The molecule has 2 amide bonds. The van der Waals surface area contributed by atoms with Crippen LogP contribution in [0.4, 0.5) is 49.1 Å². The molecule has 0 saturated heterocycles.